The molecule has 1 unspecified atom stereocenters. The minimum atomic E-state index is -0.210. The number of anilines is 2. The Morgan fingerprint density at radius 3 is 2.00 bits per heavy atom. The van der Waals surface area contributed by atoms with E-state index in [1.165, 1.54) is 6.42 Å². The minimum absolute atomic E-state index is 0.0699. The van der Waals surface area contributed by atoms with Crippen LogP contribution >= 0.6 is 0 Å². The van der Waals surface area contributed by atoms with Crippen molar-refractivity contribution in [2.75, 3.05) is 17.2 Å². The van der Waals surface area contributed by atoms with Crippen molar-refractivity contribution < 1.29 is 14.4 Å². The lowest BCUT2D eigenvalue weighted by atomic mass is 9.95. The number of amides is 3. The Balaban J connectivity index is 1.21. The third kappa shape index (κ3) is 7.67. The molecule has 0 heterocycles. The van der Waals surface area contributed by atoms with Crippen LogP contribution in [-0.2, 0) is 4.79 Å². The molecule has 0 aromatic heterocycles. The maximum atomic E-state index is 12.6. The summed E-state index contributed by atoms with van der Waals surface area (Å²) in [6.45, 7) is 2.02. The Hall–Kier alpha value is -4.13. The van der Waals surface area contributed by atoms with E-state index in [2.05, 4.69) is 21.3 Å². The first-order valence-electron chi connectivity index (χ1n) is 12.9. The summed E-state index contributed by atoms with van der Waals surface area (Å²) in [7, 11) is 0. The predicted octanol–water partition coefficient (Wildman–Crippen LogP) is 5.29. The molecule has 4 rings (SSSR count). The Bertz CT molecular complexity index is 1190. The normalized spacial score (nSPS) is 14.3. The van der Waals surface area contributed by atoms with Crippen LogP contribution in [0.1, 0.15) is 71.3 Å². The fraction of sp³-hybridized carbons (Fsp3) is 0.300. The Kier molecular flexibility index (Phi) is 8.92. The van der Waals surface area contributed by atoms with Gasteiger partial charge in [0.2, 0.25) is 5.91 Å². The van der Waals surface area contributed by atoms with E-state index >= 15 is 0 Å². The van der Waals surface area contributed by atoms with Gasteiger partial charge in [-0.3, -0.25) is 14.4 Å². The average molecular weight is 499 g/mol. The molecule has 1 atom stereocenters. The molecule has 0 radical (unpaired) electrons. The number of benzene rings is 3. The third-order valence-electron chi connectivity index (χ3n) is 6.62. The van der Waals surface area contributed by atoms with E-state index < -0.39 is 0 Å². The van der Waals surface area contributed by atoms with E-state index in [-0.39, 0.29) is 36.3 Å². The van der Waals surface area contributed by atoms with Crippen molar-refractivity contribution in [2.45, 2.75) is 51.1 Å². The third-order valence-corrected chi connectivity index (χ3v) is 6.62. The zero-order valence-electron chi connectivity index (χ0n) is 21.1. The van der Waals surface area contributed by atoms with Crippen molar-refractivity contribution in [1.82, 2.24) is 10.6 Å². The summed E-state index contributed by atoms with van der Waals surface area (Å²) in [5, 5.41) is 12.0. The lowest BCUT2D eigenvalue weighted by Gasteiger charge is -2.22. The summed E-state index contributed by atoms with van der Waals surface area (Å²) in [6.07, 6.45) is 5.65. The zero-order valence-corrected chi connectivity index (χ0v) is 21.1. The Morgan fingerprint density at radius 1 is 0.757 bits per heavy atom. The molecule has 0 bridgehead atoms. The molecule has 1 aliphatic rings. The second kappa shape index (κ2) is 12.7. The monoisotopic (exact) mass is 498 g/mol. The summed E-state index contributed by atoms with van der Waals surface area (Å²) < 4.78 is 0. The fourth-order valence-corrected chi connectivity index (χ4v) is 4.45. The highest BCUT2D eigenvalue weighted by molar-refractivity contribution is 5.97. The maximum Gasteiger partial charge on any atom is 0.251 e. The molecule has 7 heteroatoms. The van der Waals surface area contributed by atoms with Gasteiger partial charge in [-0.15, -0.1) is 0 Å². The highest BCUT2D eigenvalue weighted by atomic mass is 16.2. The predicted molar refractivity (Wildman–Crippen MR) is 147 cm³/mol. The second-order valence-electron chi connectivity index (χ2n) is 9.47. The number of carbonyl (C=O) groups is 3. The van der Waals surface area contributed by atoms with E-state index in [0.717, 1.165) is 36.9 Å². The van der Waals surface area contributed by atoms with Crippen LogP contribution in [0.25, 0.3) is 0 Å². The van der Waals surface area contributed by atoms with Gasteiger partial charge in [-0.25, -0.2) is 0 Å². The standard InChI is InChI=1S/C30H34N4O3/c1-21(22-8-4-2-5-9-22)32-29(36)23-12-16-25(17-13-23)31-20-28(35)33-27-18-14-24(15-19-27)30(37)34-26-10-6-3-7-11-26/h2,4-5,8-9,12-19,21,26,31H,3,6-7,10-11,20H2,1H3,(H,32,36)(H,33,35)(H,34,37). The van der Waals surface area contributed by atoms with Crippen LogP contribution in [0.2, 0.25) is 0 Å². The topological polar surface area (TPSA) is 99.3 Å². The molecule has 4 N–H and O–H groups in total. The largest absolute Gasteiger partial charge is 0.376 e. The molecule has 37 heavy (non-hydrogen) atoms. The van der Waals surface area contributed by atoms with Gasteiger partial charge in [0.1, 0.15) is 0 Å². The van der Waals surface area contributed by atoms with E-state index in [9.17, 15) is 14.4 Å². The smallest absolute Gasteiger partial charge is 0.251 e. The van der Waals surface area contributed by atoms with Crippen molar-refractivity contribution in [3.63, 3.8) is 0 Å². The molecule has 0 aliphatic heterocycles. The van der Waals surface area contributed by atoms with Crippen LogP contribution in [0.5, 0.6) is 0 Å². The minimum Gasteiger partial charge on any atom is -0.376 e. The summed E-state index contributed by atoms with van der Waals surface area (Å²) in [6, 6.07) is 23.9. The number of rotatable bonds is 9. The molecule has 192 valence electrons. The van der Waals surface area contributed by atoms with Gasteiger partial charge in [-0.2, -0.15) is 0 Å². The van der Waals surface area contributed by atoms with Crippen molar-refractivity contribution in [1.29, 1.82) is 0 Å². The van der Waals surface area contributed by atoms with Crippen LogP contribution in [0.4, 0.5) is 11.4 Å². The average Bonchev–Trinajstić information content (AvgIpc) is 2.93. The summed E-state index contributed by atoms with van der Waals surface area (Å²) in [5.41, 5.74) is 3.53. The molecule has 3 amide bonds. The molecule has 3 aromatic rings. The van der Waals surface area contributed by atoms with E-state index in [4.69, 9.17) is 0 Å². The van der Waals surface area contributed by atoms with Gasteiger partial charge in [-0.1, -0.05) is 49.6 Å². The SMILES string of the molecule is CC(NC(=O)c1ccc(NCC(=O)Nc2ccc(C(=O)NC3CCCCC3)cc2)cc1)c1ccccc1. The zero-order chi connectivity index (χ0) is 26.0. The first-order valence-corrected chi connectivity index (χ1v) is 12.9. The molecule has 1 aliphatic carbocycles. The van der Waals surface area contributed by atoms with Crippen molar-refractivity contribution in [3.05, 3.63) is 95.6 Å². The maximum absolute atomic E-state index is 12.6. The molecular weight excluding hydrogens is 464 g/mol. The van der Waals surface area contributed by atoms with Gasteiger partial charge in [0, 0.05) is 28.5 Å². The highest BCUT2D eigenvalue weighted by Crippen LogP contribution is 2.18. The quantitative estimate of drug-likeness (QED) is 0.322. The van der Waals surface area contributed by atoms with Crippen molar-refractivity contribution >= 4 is 29.1 Å². The first-order chi connectivity index (χ1) is 18.0. The van der Waals surface area contributed by atoms with Crippen molar-refractivity contribution in [2.24, 2.45) is 0 Å². The summed E-state index contributed by atoms with van der Waals surface area (Å²) >= 11 is 0. The van der Waals surface area contributed by atoms with Gasteiger partial charge >= 0.3 is 0 Å². The molecule has 0 saturated heterocycles. The van der Waals surface area contributed by atoms with Crippen LogP contribution in [-0.4, -0.2) is 30.3 Å². The van der Waals surface area contributed by atoms with E-state index in [1.54, 1.807) is 48.5 Å². The second-order valence-corrected chi connectivity index (χ2v) is 9.47. The van der Waals surface area contributed by atoms with Crippen LogP contribution < -0.4 is 21.3 Å². The molecular formula is C30H34N4O3. The molecule has 0 spiro atoms. The van der Waals surface area contributed by atoms with Gasteiger partial charge in [0.05, 0.1) is 12.6 Å². The van der Waals surface area contributed by atoms with Crippen molar-refractivity contribution in [3.8, 4) is 0 Å². The molecule has 1 fully saturated rings. The number of carbonyl (C=O) groups excluding carboxylic acids is 3. The Labute approximate surface area is 218 Å². The first kappa shape index (κ1) is 25.9. The van der Waals surface area contributed by atoms with Gasteiger partial charge in [0.15, 0.2) is 0 Å². The fourth-order valence-electron chi connectivity index (χ4n) is 4.45. The van der Waals surface area contributed by atoms with E-state index in [1.807, 2.05) is 37.3 Å². The summed E-state index contributed by atoms with van der Waals surface area (Å²) in [5.74, 6) is -0.437. The Morgan fingerprint density at radius 2 is 1.35 bits per heavy atom. The summed E-state index contributed by atoms with van der Waals surface area (Å²) in [4.78, 5) is 37.4. The number of nitrogens with one attached hydrogen (secondary N) is 4. The molecule has 7 nitrogen and oxygen atoms in total. The number of hydrogen-bond acceptors (Lipinski definition) is 4. The van der Waals surface area contributed by atoms with Gasteiger partial charge in [-0.05, 0) is 73.9 Å². The van der Waals surface area contributed by atoms with Crippen LogP contribution in [0, 0.1) is 0 Å². The lowest BCUT2D eigenvalue weighted by molar-refractivity contribution is -0.114. The highest BCUT2D eigenvalue weighted by Gasteiger charge is 2.17. The van der Waals surface area contributed by atoms with Crippen LogP contribution in [0.3, 0.4) is 0 Å². The van der Waals surface area contributed by atoms with Gasteiger partial charge < -0.3 is 21.3 Å². The lowest BCUT2D eigenvalue weighted by Crippen LogP contribution is -2.36. The van der Waals surface area contributed by atoms with Crippen LogP contribution in [0.15, 0.2) is 78.9 Å². The number of hydrogen-bond donors (Lipinski definition) is 4. The van der Waals surface area contributed by atoms with E-state index in [0.29, 0.717) is 16.8 Å². The molecule has 3 aromatic carbocycles. The van der Waals surface area contributed by atoms with Gasteiger partial charge in [0.25, 0.3) is 11.8 Å². The molecule has 1 saturated carbocycles.